The predicted molar refractivity (Wildman–Crippen MR) is 108 cm³/mol. The molecule has 2 heterocycles. The summed E-state index contributed by atoms with van der Waals surface area (Å²) >= 11 is 2.99. The van der Waals surface area contributed by atoms with Gasteiger partial charge in [-0.25, -0.2) is 0 Å². The molecule has 3 aromatic rings. The van der Waals surface area contributed by atoms with Crippen molar-refractivity contribution in [3.63, 3.8) is 0 Å². The van der Waals surface area contributed by atoms with Gasteiger partial charge in [-0.05, 0) is 24.5 Å². The number of carbonyl (C=O) groups excluding carboxylic acids is 1. The van der Waals surface area contributed by atoms with E-state index in [1.165, 1.54) is 11.3 Å². The van der Waals surface area contributed by atoms with Crippen LogP contribution in [0.1, 0.15) is 10.4 Å². The van der Waals surface area contributed by atoms with E-state index in [0.29, 0.717) is 41.6 Å². The van der Waals surface area contributed by atoms with Crippen molar-refractivity contribution < 1.29 is 14.3 Å². The van der Waals surface area contributed by atoms with Crippen molar-refractivity contribution in [1.82, 2.24) is 4.57 Å². The molecule has 7 heteroatoms. The second kappa shape index (κ2) is 7.51. The maximum absolute atomic E-state index is 12.7. The molecule has 5 nitrogen and oxygen atoms in total. The molecule has 0 fully saturated rings. The zero-order chi connectivity index (χ0) is 18.8. The molecular formula is C20H16N2O3S2. The normalized spacial score (nSPS) is 13.6. The van der Waals surface area contributed by atoms with Crippen LogP contribution < -0.4 is 14.3 Å². The number of fused-ring (bicyclic) bond motifs is 2. The Hall–Kier alpha value is -2.69. The predicted octanol–water partition coefficient (Wildman–Crippen LogP) is 3.57. The van der Waals surface area contributed by atoms with Gasteiger partial charge in [0.15, 0.2) is 16.3 Å². The molecule has 2 aromatic carbocycles. The smallest absolute Gasteiger partial charge is 0.279 e. The minimum Gasteiger partial charge on any atom is -0.486 e. The highest BCUT2D eigenvalue weighted by Gasteiger charge is 2.16. The molecular weight excluding hydrogens is 380 g/mol. The van der Waals surface area contributed by atoms with Gasteiger partial charge in [0, 0.05) is 22.6 Å². The standard InChI is InChI=1S/C20H16N2O3S2/c1-3-7-22-15-11-16-17(25-9-8-24-16)12-18(15)27-20(22)21-19(23)13-5-4-6-14(10-13)26-2/h1,4-6,10-12H,7-9H2,2H3. The summed E-state index contributed by atoms with van der Waals surface area (Å²) in [5.41, 5.74) is 1.43. The van der Waals surface area contributed by atoms with Gasteiger partial charge in [0.05, 0.1) is 16.8 Å². The van der Waals surface area contributed by atoms with Crippen LogP contribution in [-0.2, 0) is 6.54 Å². The second-order valence-corrected chi connectivity index (χ2v) is 7.68. The average molecular weight is 396 g/mol. The van der Waals surface area contributed by atoms with Gasteiger partial charge in [0.2, 0.25) is 0 Å². The van der Waals surface area contributed by atoms with Gasteiger partial charge < -0.3 is 14.0 Å². The topological polar surface area (TPSA) is 52.8 Å². The first-order valence-electron chi connectivity index (χ1n) is 8.29. The average Bonchev–Trinajstić information content (AvgIpc) is 3.02. The van der Waals surface area contributed by atoms with Crippen molar-refractivity contribution in [3.05, 3.63) is 46.8 Å². The fraction of sp³-hybridized carbons (Fsp3) is 0.200. The van der Waals surface area contributed by atoms with Crippen molar-refractivity contribution in [2.75, 3.05) is 19.5 Å². The number of thiazole rings is 1. The van der Waals surface area contributed by atoms with E-state index < -0.39 is 0 Å². The zero-order valence-electron chi connectivity index (χ0n) is 14.6. The van der Waals surface area contributed by atoms with E-state index >= 15 is 0 Å². The monoisotopic (exact) mass is 396 g/mol. The SMILES string of the molecule is C#CCn1c(=NC(=O)c2cccc(SC)c2)sc2cc3c(cc21)OCCO3. The van der Waals surface area contributed by atoms with Crippen LogP contribution in [-0.4, -0.2) is 29.9 Å². The number of terminal acetylenes is 1. The van der Waals surface area contributed by atoms with Crippen molar-refractivity contribution in [2.45, 2.75) is 11.4 Å². The lowest BCUT2D eigenvalue weighted by molar-refractivity contribution is 0.0997. The van der Waals surface area contributed by atoms with Crippen molar-refractivity contribution in [1.29, 1.82) is 0 Å². The van der Waals surface area contributed by atoms with Crippen LogP contribution in [0.25, 0.3) is 10.2 Å². The third-order valence-electron chi connectivity index (χ3n) is 4.11. The number of hydrogen-bond donors (Lipinski definition) is 0. The minimum absolute atomic E-state index is 0.291. The van der Waals surface area contributed by atoms with E-state index in [2.05, 4.69) is 10.9 Å². The van der Waals surface area contributed by atoms with E-state index in [-0.39, 0.29) is 5.91 Å². The fourth-order valence-electron chi connectivity index (χ4n) is 2.84. The number of amides is 1. The Bertz CT molecular complexity index is 1140. The lowest BCUT2D eigenvalue weighted by Crippen LogP contribution is -2.17. The van der Waals surface area contributed by atoms with Crippen molar-refractivity contribution in [3.8, 4) is 23.8 Å². The van der Waals surface area contributed by atoms with Crippen LogP contribution in [0.3, 0.4) is 0 Å². The summed E-state index contributed by atoms with van der Waals surface area (Å²) < 4.78 is 14.1. The fourth-order valence-corrected chi connectivity index (χ4v) is 4.34. The summed E-state index contributed by atoms with van der Waals surface area (Å²) in [5.74, 6) is 3.73. The first kappa shape index (κ1) is 17.7. The number of carbonyl (C=O) groups is 1. The Balaban J connectivity index is 1.84. The summed E-state index contributed by atoms with van der Waals surface area (Å²) in [6.45, 7) is 1.35. The van der Waals surface area contributed by atoms with Gasteiger partial charge in [0.1, 0.15) is 13.2 Å². The third-order valence-corrected chi connectivity index (χ3v) is 5.88. The summed E-state index contributed by atoms with van der Waals surface area (Å²) in [6, 6.07) is 11.2. The molecule has 27 heavy (non-hydrogen) atoms. The molecule has 1 aromatic heterocycles. The summed E-state index contributed by atoms with van der Waals surface area (Å²) in [6.07, 6.45) is 7.52. The number of thioether (sulfide) groups is 1. The Morgan fingerprint density at radius 1 is 1.30 bits per heavy atom. The molecule has 0 bridgehead atoms. The first-order chi connectivity index (χ1) is 13.2. The van der Waals surface area contributed by atoms with Gasteiger partial charge in [-0.1, -0.05) is 23.3 Å². The lowest BCUT2D eigenvalue weighted by Gasteiger charge is -2.18. The maximum Gasteiger partial charge on any atom is 0.279 e. The van der Waals surface area contributed by atoms with Crippen LogP contribution in [0.5, 0.6) is 11.5 Å². The number of rotatable bonds is 3. The third kappa shape index (κ3) is 3.46. The highest BCUT2D eigenvalue weighted by atomic mass is 32.2. The Kier molecular flexibility index (Phi) is 4.92. The zero-order valence-corrected chi connectivity index (χ0v) is 16.2. The van der Waals surface area contributed by atoms with Crippen LogP contribution in [0, 0.1) is 12.3 Å². The number of nitrogens with zero attached hydrogens (tertiary/aromatic N) is 2. The van der Waals surface area contributed by atoms with Crippen LogP contribution in [0.4, 0.5) is 0 Å². The number of aromatic nitrogens is 1. The molecule has 0 radical (unpaired) electrons. The van der Waals surface area contributed by atoms with Crippen molar-refractivity contribution in [2.24, 2.45) is 4.99 Å². The van der Waals surface area contributed by atoms with Crippen LogP contribution in [0.15, 0.2) is 46.3 Å². The minimum atomic E-state index is -0.291. The van der Waals surface area contributed by atoms with E-state index in [1.54, 1.807) is 17.8 Å². The molecule has 0 aliphatic carbocycles. The van der Waals surface area contributed by atoms with E-state index in [0.717, 1.165) is 15.1 Å². The summed E-state index contributed by atoms with van der Waals surface area (Å²) in [5, 5.41) is 0. The Morgan fingerprint density at radius 2 is 2.07 bits per heavy atom. The van der Waals surface area contributed by atoms with Gasteiger partial charge in [0.25, 0.3) is 5.91 Å². The molecule has 136 valence electrons. The number of ether oxygens (including phenoxy) is 2. The first-order valence-corrected chi connectivity index (χ1v) is 10.3. The largest absolute Gasteiger partial charge is 0.486 e. The summed E-state index contributed by atoms with van der Waals surface area (Å²) in [7, 11) is 0. The molecule has 0 saturated carbocycles. The highest BCUT2D eigenvalue weighted by Crippen LogP contribution is 2.35. The van der Waals surface area contributed by atoms with Crippen LogP contribution in [0.2, 0.25) is 0 Å². The number of benzene rings is 2. The molecule has 1 amide bonds. The molecule has 1 aliphatic heterocycles. The van der Waals surface area contributed by atoms with E-state index in [9.17, 15) is 4.79 Å². The molecule has 0 spiro atoms. The molecule has 0 saturated heterocycles. The molecule has 0 atom stereocenters. The maximum atomic E-state index is 12.7. The van der Waals surface area contributed by atoms with Crippen molar-refractivity contribution >= 4 is 39.2 Å². The van der Waals surface area contributed by atoms with Gasteiger partial charge in [-0.15, -0.1) is 18.2 Å². The highest BCUT2D eigenvalue weighted by molar-refractivity contribution is 7.98. The van der Waals surface area contributed by atoms with E-state index in [1.807, 2.05) is 41.2 Å². The van der Waals surface area contributed by atoms with Crippen LogP contribution >= 0.6 is 23.1 Å². The quantitative estimate of drug-likeness (QED) is 0.502. The Labute approximate surface area is 164 Å². The molecule has 0 N–H and O–H groups in total. The van der Waals surface area contributed by atoms with Gasteiger partial charge in [-0.3, -0.25) is 4.79 Å². The lowest BCUT2D eigenvalue weighted by atomic mass is 10.2. The summed E-state index contributed by atoms with van der Waals surface area (Å²) in [4.78, 5) is 18.6. The molecule has 1 aliphatic rings. The Morgan fingerprint density at radius 3 is 2.81 bits per heavy atom. The van der Waals surface area contributed by atoms with Gasteiger partial charge >= 0.3 is 0 Å². The molecule has 4 rings (SSSR count). The second-order valence-electron chi connectivity index (χ2n) is 5.79. The number of hydrogen-bond acceptors (Lipinski definition) is 5. The van der Waals surface area contributed by atoms with Gasteiger partial charge in [-0.2, -0.15) is 4.99 Å². The van der Waals surface area contributed by atoms with E-state index in [4.69, 9.17) is 15.9 Å². The molecule has 0 unspecified atom stereocenters.